The summed E-state index contributed by atoms with van der Waals surface area (Å²) in [6, 6.07) is 5.41. The topological polar surface area (TPSA) is 104 Å². The molecule has 0 aliphatic rings. The molecule has 0 atom stereocenters. The van der Waals surface area contributed by atoms with Gasteiger partial charge in [-0.1, -0.05) is 0 Å². The second-order valence-electron chi connectivity index (χ2n) is 7.21. The maximum absolute atomic E-state index is 12.8. The molecule has 8 nitrogen and oxygen atoms in total. The molecule has 3 rings (SSSR count). The predicted octanol–water partition coefficient (Wildman–Crippen LogP) is 4.88. The van der Waals surface area contributed by atoms with Gasteiger partial charge >= 0.3 is 0 Å². The SMILES string of the molecule is CCN(CC)C(=O)c1sc(NC(=O)c2ccc(Cn3nc(C)c(Br)c3C)o2)c(C#N)c1C. The van der Waals surface area contributed by atoms with Crippen molar-refractivity contribution in [2.75, 3.05) is 18.4 Å². The second-order valence-corrected chi connectivity index (χ2v) is 9.03. The van der Waals surface area contributed by atoms with Gasteiger partial charge in [-0.25, -0.2) is 0 Å². The first-order chi connectivity index (χ1) is 15.2. The van der Waals surface area contributed by atoms with Crippen molar-refractivity contribution in [1.82, 2.24) is 14.7 Å². The molecule has 3 aromatic heterocycles. The Morgan fingerprint density at radius 2 is 1.97 bits per heavy atom. The monoisotopic (exact) mass is 517 g/mol. The number of aromatic nitrogens is 2. The fourth-order valence-electron chi connectivity index (χ4n) is 3.32. The van der Waals surface area contributed by atoms with Crippen LogP contribution in [0.5, 0.6) is 0 Å². The maximum atomic E-state index is 12.8. The highest BCUT2D eigenvalue weighted by molar-refractivity contribution is 9.10. The minimum atomic E-state index is -0.481. The molecule has 0 saturated heterocycles. The number of anilines is 1. The lowest BCUT2D eigenvalue weighted by Crippen LogP contribution is -2.30. The number of carbonyl (C=O) groups excluding carboxylic acids is 2. The minimum Gasteiger partial charge on any atom is -0.454 e. The van der Waals surface area contributed by atoms with E-state index in [1.165, 1.54) is 0 Å². The molecule has 0 aromatic carbocycles. The van der Waals surface area contributed by atoms with Gasteiger partial charge in [-0.3, -0.25) is 14.3 Å². The lowest BCUT2D eigenvalue weighted by molar-refractivity contribution is 0.0777. The van der Waals surface area contributed by atoms with Crippen molar-refractivity contribution in [3.63, 3.8) is 0 Å². The molecule has 0 aliphatic carbocycles. The van der Waals surface area contributed by atoms with Gasteiger partial charge < -0.3 is 14.6 Å². The zero-order valence-electron chi connectivity index (χ0n) is 18.6. The number of nitriles is 1. The Morgan fingerprint density at radius 1 is 1.28 bits per heavy atom. The molecule has 0 spiro atoms. The van der Waals surface area contributed by atoms with Gasteiger partial charge in [-0.05, 0) is 68.2 Å². The van der Waals surface area contributed by atoms with Crippen LogP contribution in [0.25, 0.3) is 0 Å². The number of amides is 2. The fraction of sp³-hybridized carbons (Fsp3) is 0.364. The number of furan rings is 1. The average Bonchev–Trinajstić information content (AvgIpc) is 3.42. The van der Waals surface area contributed by atoms with E-state index in [0.717, 1.165) is 27.2 Å². The molecule has 1 N–H and O–H groups in total. The van der Waals surface area contributed by atoms with Crippen molar-refractivity contribution < 1.29 is 14.0 Å². The summed E-state index contributed by atoms with van der Waals surface area (Å²) in [5, 5.41) is 17.1. The van der Waals surface area contributed by atoms with Crippen LogP contribution in [0, 0.1) is 32.1 Å². The molecule has 0 aliphatic heterocycles. The van der Waals surface area contributed by atoms with Crippen LogP contribution in [0.2, 0.25) is 0 Å². The van der Waals surface area contributed by atoms with Crippen molar-refractivity contribution >= 4 is 44.1 Å². The Labute approximate surface area is 198 Å². The highest BCUT2D eigenvalue weighted by Crippen LogP contribution is 2.34. The van der Waals surface area contributed by atoms with Gasteiger partial charge in [0.15, 0.2) is 5.76 Å². The first kappa shape index (κ1) is 23.8. The van der Waals surface area contributed by atoms with Crippen molar-refractivity contribution in [1.29, 1.82) is 5.26 Å². The molecule has 0 fully saturated rings. The third kappa shape index (κ3) is 4.49. The zero-order chi connectivity index (χ0) is 23.6. The Morgan fingerprint density at radius 3 is 2.53 bits per heavy atom. The van der Waals surface area contributed by atoms with Crippen LogP contribution in [-0.2, 0) is 6.54 Å². The molecular formula is C22H24BrN5O3S. The van der Waals surface area contributed by atoms with Gasteiger partial charge in [0, 0.05) is 13.1 Å². The maximum Gasteiger partial charge on any atom is 0.292 e. The van der Waals surface area contributed by atoms with Crippen LogP contribution in [-0.4, -0.2) is 39.6 Å². The summed E-state index contributed by atoms with van der Waals surface area (Å²) in [5.74, 6) is 0.0666. The van der Waals surface area contributed by atoms with Crippen molar-refractivity contribution in [2.45, 2.75) is 41.2 Å². The Balaban J connectivity index is 1.80. The predicted molar refractivity (Wildman–Crippen MR) is 126 cm³/mol. The number of nitrogens with zero attached hydrogens (tertiary/aromatic N) is 4. The lowest BCUT2D eigenvalue weighted by Gasteiger charge is -2.17. The number of rotatable bonds is 7. The van der Waals surface area contributed by atoms with E-state index in [1.807, 2.05) is 27.7 Å². The van der Waals surface area contributed by atoms with Crippen LogP contribution in [0.4, 0.5) is 5.00 Å². The first-order valence-electron chi connectivity index (χ1n) is 10.1. The second kappa shape index (κ2) is 9.71. The molecule has 3 heterocycles. The number of halogens is 1. The van der Waals surface area contributed by atoms with Gasteiger partial charge in [0.25, 0.3) is 11.8 Å². The van der Waals surface area contributed by atoms with E-state index >= 15 is 0 Å². The molecule has 32 heavy (non-hydrogen) atoms. The average molecular weight is 518 g/mol. The summed E-state index contributed by atoms with van der Waals surface area (Å²) in [6.45, 7) is 10.9. The standard InChI is InChI=1S/C22H24BrN5O3S/c1-6-27(7-2)22(30)19-12(3)16(10-24)21(32-19)25-20(29)17-9-8-15(31-17)11-28-14(5)18(23)13(4)26-28/h8-9H,6-7,11H2,1-5H3,(H,25,29). The molecule has 2 amide bonds. The van der Waals surface area contributed by atoms with Crippen LogP contribution >= 0.6 is 27.3 Å². The Bertz CT molecular complexity index is 1210. The third-order valence-electron chi connectivity index (χ3n) is 5.21. The molecule has 168 valence electrons. The summed E-state index contributed by atoms with van der Waals surface area (Å²) in [6.07, 6.45) is 0. The molecule has 0 saturated carbocycles. The summed E-state index contributed by atoms with van der Waals surface area (Å²) < 4.78 is 8.45. The van der Waals surface area contributed by atoms with Crippen molar-refractivity contribution in [2.24, 2.45) is 0 Å². The number of thiophene rings is 1. The van der Waals surface area contributed by atoms with Gasteiger partial charge in [0.2, 0.25) is 0 Å². The largest absolute Gasteiger partial charge is 0.454 e. The zero-order valence-corrected chi connectivity index (χ0v) is 21.0. The third-order valence-corrected chi connectivity index (χ3v) is 7.56. The van der Waals surface area contributed by atoms with Crippen LogP contribution < -0.4 is 5.32 Å². The quantitative estimate of drug-likeness (QED) is 0.480. The molecule has 0 radical (unpaired) electrons. The van der Waals surface area contributed by atoms with Gasteiger partial charge in [0.1, 0.15) is 16.8 Å². The summed E-state index contributed by atoms with van der Waals surface area (Å²) in [5.41, 5.74) is 2.69. The Hall–Kier alpha value is -2.90. The van der Waals surface area contributed by atoms with Gasteiger partial charge in [0.05, 0.1) is 32.8 Å². The number of aryl methyl sites for hydroxylation is 1. The molecule has 0 unspecified atom stereocenters. The van der Waals surface area contributed by atoms with Crippen LogP contribution in [0.15, 0.2) is 21.0 Å². The number of carbonyl (C=O) groups is 2. The van der Waals surface area contributed by atoms with Crippen LogP contribution in [0.1, 0.15) is 62.3 Å². The normalized spacial score (nSPS) is 10.8. The molecular weight excluding hydrogens is 494 g/mol. The van der Waals surface area contributed by atoms with Gasteiger partial charge in [-0.15, -0.1) is 11.3 Å². The molecule has 10 heteroatoms. The van der Waals surface area contributed by atoms with E-state index in [-0.39, 0.29) is 17.2 Å². The lowest BCUT2D eigenvalue weighted by atomic mass is 10.1. The molecule has 0 bridgehead atoms. The first-order valence-corrected chi connectivity index (χ1v) is 11.7. The van der Waals surface area contributed by atoms with Gasteiger partial charge in [-0.2, -0.15) is 10.4 Å². The van der Waals surface area contributed by atoms with Crippen molar-refractivity contribution in [3.8, 4) is 6.07 Å². The van der Waals surface area contributed by atoms with E-state index in [2.05, 4.69) is 32.4 Å². The highest BCUT2D eigenvalue weighted by Gasteiger charge is 2.25. The molecule has 3 aromatic rings. The van der Waals surface area contributed by atoms with E-state index in [1.54, 1.807) is 28.6 Å². The van der Waals surface area contributed by atoms with E-state index in [4.69, 9.17) is 4.42 Å². The van der Waals surface area contributed by atoms with Crippen molar-refractivity contribution in [3.05, 3.63) is 55.5 Å². The number of hydrogen-bond donors (Lipinski definition) is 1. The number of nitrogens with one attached hydrogen (secondary N) is 1. The summed E-state index contributed by atoms with van der Waals surface area (Å²) in [7, 11) is 0. The van der Waals surface area contributed by atoms with E-state index in [0.29, 0.717) is 40.8 Å². The Kier molecular flexibility index (Phi) is 7.21. The summed E-state index contributed by atoms with van der Waals surface area (Å²) in [4.78, 5) is 27.7. The van der Waals surface area contributed by atoms with E-state index in [9.17, 15) is 14.9 Å². The smallest absolute Gasteiger partial charge is 0.292 e. The highest BCUT2D eigenvalue weighted by atomic mass is 79.9. The fourth-order valence-corrected chi connectivity index (χ4v) is 4.73. The van der Waals surface area contributed by atoms with Crippen LogP contribution in [0.3, 0.4) is 0 Å². The van der Waals surface area contributed by atoms with E-state index < -0.39 is 5.91 Å². The summed E-state index contributed by atoms with van der Waals surface area (Å²) >= 11 is 4.61. The minimum absolute atomic E-state index is 0.118. The number of hydrogen-bond acceptors (Lipinski definition) is 6.